The van der Waals surface area contributed by atoms with Crippen molar-refractivity contribution in [2.75, 3.05) is 7.05 Å². The third-order valence-electron chi connectivity index (χ3n) is 6.47. The van der Waals surface area contributed by atoms with Gasteiger partial charge in [0.25, 0.3) is 0 Å². The van der Waals surface area contributed by atoms with Gasteiger partial charge in [-0.25, -0.2) is 0 Å². The molecule has 8 heteroatoms. The highest BCUT2D eigenvalue weighted by Gasteiger charge is 2.64. The van der Waals surface area contributed by atoms with Gasteiger partial charge in [-0.2, -0.15) is 10.5 Å². The Balaban J connectivity index is 2.10. The molecule has 0 unspecified atom stereocenters. The van der Waals surface area contributed by atoms with Crippen LogP contribution in [0.3, 0.4) is 0 Å². The first-order chi connectivity index (χ1) is 16.6. The Morgan fingerprint density at radius 2 is 1.37 bits per heavy atom. The molecular weight excluding hydrogens is 485 g/mol. The second-order valence-corrected chi connectivity index (χ2v) is 9.10. The fourth-order valence-electron chi connectivity index (χ4n) is 4.67. The predicted octanol–water partition coefficient (Wildman–Crippen LogP) is 5.31. The standard InChI is InChI=1S/C27H17Cl2N3O3/c1-14-15(2)26(35)27(25(14)34)21(13-31)22(16-4-8-18(28)9-5-16)32(3)24(27)20(12-30)23(33)17-6-10-19(29)11-7-17/h4-11H,1-3H3/b24-20+. The number of benzene rings is 2. The molecule has 2 aromatic carbocycles. The van der Waals surface area contributed by atoms with Gasteiger partial charge in [0.15, 0.2) is 17.0 Å². The highest BCUT2D eigenvalue weighted by atomic mass is 35.5. The molecule has 2 aliphatic rings. The first-order valence-electron chi connectivity index (χ1n) is 10.5. The number of halogens is 2. The molecule has 1 heterocycles. The average molecular weight is 502 g/mol. The number of nitrogens with zero attached hydrogens (tertiary/aromatic N) is 3. The fourth-order valence-corrected chi connectivity index (χ4v) is 4.92. The van der Waals surface area contributed by atoms with E-state index >= 15 is 0 Å². The topological polar surface area (TPSA) is 102 Å². The van der Waals surface area contributed by atoms with Gasteiger partial charge < -0.3 is 4.90 Å². The van der Waals surface area contributed by atoms with Crippen molar-refractivity contribution in [1.29, 1.82) is 10.5 Å². The summed E-state index contributed by atoms with van der Waals surface area (Å²) in [7, 11) is 1.53. The molecule has 1 aliphatic heterocycles. The van der Waals surface area contributed by atoms with E-state index in [1.54, 1.807) is 24.3 Å². The molecule has 172 valence electrons. The SMILES string of the molecule is CC1=C(C)C(=O)C2(C1=O)C(C#N)=C(c1ccc(Cl)cc1)N(C)/C2=C(\C#N)C(=O)c1ccc(Cl)cc1. The summed E-state index contributed by atoms with van der Waals surface area (Å²) in [6.07, 6.45) is 0. The third kappa shape index (κ3) is 3.34. The van der Waals surface area contributed by atoms with Crippen LogP contribution in [0, 0.1) is 28.1 Å². The lowest BCUT2D eigenvalue weighted by atomic mass is 9.72. The number of nitriles is 2. The second-order valence-electron chi connectivity index (χ2n) is 8.23. The molecule has 0 saturated heterocycles. The lowest BCUT2D eigenvalue weighted by Crippen LogP contribution is -2.40. The van der Waals surface area contributed by atoms with Crippen LogP contribution >= 0.6 is 23.2 Å². The van der Waals surface area contributed by atoms with Crippen LogP contribution in [0.15, 0.2) is 76.5 Å². The number of rotatable bonds is 3. The Bertz CT molecular complexity index is 1470. The quantitative estimate of drug-likeness (QED) is 0.244. The van der Waals surface area contributed by atoms with Crippen LogP contribution in [0.25, 0.3) is 5.70 Å². The molecule has 0 aromatic heterocycles. The van der Waals surface area contributed by atoms with E-state index in [4.69, 9.17) is 23.2 Å². The Morgan fingerprint density at radius 1 is 0.886 bits per heavy atom. The second kappa shape index (κ2) is 8.67. The van der Waals surface area contributed by atoms with Crippen LogP contribution in [-0.2, 0) is 9.59 Å². The summed E-state index contributed by atoms with van der Waals surface area (Å²) in [5.74, 6) is -1.94. The fraction of sp³-hybridized carbons (Fsp3) is 0.148. The number of carbonyl (C=O) groups is 3. The van der Waals surface area contributed by atoms with Gasteiger partial charge in [-0.15, -0.1) is 0 Å². The van der Waals surface area contributed by atoms with Crippen molar-refractivity contribution in [3.05, 3.63) is 97.7 Å². The lowest BCUT2D eigenvalue weighted by Gasteiger charge is -2.28. The summed E-state index contributed by atoms with van der Waals surface area (Å²) >= 11 is 12.0. The van der Waals surface area contributed by atoms with E-state index in [1.807, 2.05) is 6.07 Å². The van der Waals surface area contributed by atoms with Gasteiger partial charge in [-0.05, 0) is 55.8 Å². The normalized spacial score (nSPS) is 18.3. The zero-order valence-corrected chi connectivity index (χ0v) is 20.5. The first kappa shape index (κ1) is 24.2. The maximum atomic E-state index is 13.7. The average Bonchev–Trinajstić information content (AvgIpc) is 3.20. The predicted molar refractivity (Wildman–Crippen MR) is 131 cm³/mol. The zero-order valence-electron chi connectivity index (χ0n) is 18.9. The van der Waals surface area contributed by atoms with Crippen molar-refractivity contribution in [2.24, 2.45) is 5.41 Å². The van der Waals surface area contributed by atoms with Crippen molar-refractivity contribution in [2.45, 2.75) is 13.8 Å². The van der Waals surface area contributed by atoms with Crippen LogP contribution in [0.5, 0.6) is 0 Å². The van der Waals surface area contributed by atoms with Gasteiger partial charge in [0, 0.05) is 33.8 Å². The molecule has 0 atom stereocenters. The first-order valence-corrected chi connectivity index (χ1v) is 11.2. The summed E-state index contributed by atoms with van der Waals surface area (Å²) in [6, 6.07) is 16.4. The summed E-state index contributed by atoms with van der Waals surface area (Å²) < 4.78 is 0. The minimum Gasteiger partial charge on any atom is -0.344 e. The van der Waals surface area contributed by atoms with Gasteiger partial charge >= 0.3 is 0 Å². The molecule has 35 heavy (non-hydrogen) atoms. The summed E-state index contributed by atoms with van der Waals surface area (Å²) in [4.78, 5) is 42.4. The van der Waals surface area contributed by atoms with Crippen LogP contribution in [0.2, 0.25) is 10.0 Å². The summed E-state index contributed by atoms with van der Waals surface area (Å²) in [5.41, 5.74) is -1.53. The third-order valence-corrected chi connectivity index (χ3v) is 6.98. The van der Waals surface area contributed by atoms with E-state index in [1.165, 1.54) is 50.1 Å². The Morgan fingerprint density at radius 3 is 1.83 bits per heavy atom. The highest BCUT2D eigenvalue weighted by molar-refractivity contribution is 6.34. The Labute approximate surface area is 212 Å². The number of carbonyl (C=O) groups excluding carboxylic acids is 3. The van der Waals surface area contributed by atoms with Crippen LogP contribution in [0.1, 0.15) is 29.8 Å². The smallest absolute Gasteiger partial charge is 0.205 e. The van der Waals surface area contributed by atoms with E-state index in [0.717, 1.165) is 0 Å². The summed E-state index contributed by atoms with van der Waals surface area (Å²) in [6.45, 7) is 3.01. The number of allylic oxidation sites excluding steroid dienone is 4. The molecule has 6 nitrogen and oxygen atoms in total. The van der Waals surface area contributed by atoms with E-state index < -0.39 is 28.3 Å². The number of hydrogen-bond acceptors (Lipinski definition) is 6. The molecule has 1 aliphatic carbocycles. The molecule has 0 saturated carbocycles. The molecule has 2 aromatic rings. The molecule has 0 N–H and O–H groups in total. The molecule has 1 spiro atoms. The zero-order chi connectivity index (χ0) is 25.7. The molecular formula is C27H17Cl2N3O3. The van der Waals surface area contributed by atoms with E-state index in [0.29, 0.717) is 15.6 Å². The highest BCUT2D eigenvalue weighted by Crippen LogP contribution is 2.56. The van der Waals surface area contributed by atoms with Crippen LogP contribution in [-0.4, -0.2) is 29.3 Å². The van der Waals surface area contributed by atoms with Gasteiger partial charge in [0.05, 0.1) is 23.0 Å². The molecule has 0 bridgehead atoms. The minimum atomic E-state index is -2.13. The number of ketones is 3. The number of hydrogen-bond donors (Lipinski definition) is 0. The molecule has 0 radical (unpaired) electrons. The van der Waals surface area contributed by atoms with Crippen molar-refractivity contribution >= 4 is 46.2 Å². The Kier molecular flexibility index (Phi) is 5.99. The Hall–Kier alpha value is -3.97. The van der Waals surface area contributed by atoms with Crippen molar-refractivity contribution in [3.8, 4) is 12.1 Å². The van der Waals surface area contributed by atoms with Crippen LogP contribution in [0.4, 0.5) is 0 Å². The van der Waals surface area contributed by atoms with E-state index in [-0.39, 0.29) is 33.7 Å². The molecule has 0 fully saturated rings. The van der Waals surface area contributed by atoms with Crippen LogP contribution < -0.4 is 0 Å². The van der Waals surface area contributed by atoms with Crippen molar-refractivity contribution in [1.82, 2.24) is 4.90 Å². The summed E-state index contributed by atoms with van der Waals surface area (Å²) in [5, 5.41) is 21.3. The van der Waals surface area contributed by atoms with Crippen molar-refractivity contribution in [3.63, 3.8) is 0 Å². The maximum Gasteiger partial charge on any atom is 0.205 e. The molecule has 0 amide bonds. The largest absolute Gasteiger partial charge is 0.344 e. The van der Waals surface area contributed by atoms with Gasteiger partial charge in [0.1, 0.15) is 11.6 Å². The van der Waals surface area contributed by atoms with Gasteiger partial charge in [-0.3, -0.25) is 14.4 Å². The number of Topliss-reactive ketones (excluding diaryl/α,β-unsaturated/α-hetero) is 3. The maximum absolute atomic E-state index is 13.7. The van der Waals surface area contributed by atoms with Crippen molar-refractivity contribution < 1.29 is 14.4 Å². The van der Waals surface area contributed by atoms with E-state index in [2.05, 4.69) is 6.07 Å². The van der Waals surface area contributed by atoms with Gasteiger partial charge in [0.2, 0.25) is 5.78 Å². The van der Waals surface area contributed by atoms with E-state index in [9.17, 15) is 24.9 Å². The molecule has 4 rings (SSSR count). The lowest BCUT2D eigenvalue weighted by molar-refractivity contribution is -0.129. The monoisotopic (exact) mass is 501 g/mol. The van der Waals surface area contributed by atoms with Gasteiger partial charge in [-0.1, -0.05) is 35.3 Å². The minimum absolute atomic E-state index is 0.132.